The maximum Gasteiger partial charge on any atom is 0.262 e. The summed E-state index contributed by atoms with van der Waals surface area (Å²) in [6.45, 7) is 7.54. The van der Waals surface area contributed by atoms with Gasteiger partial charge in [0, 0.05) is 16.9 Å². The topological polar surface area (TPSA) is 93.1 Å². The van der Waals surface area contributed by atoms with Crippen molar-refractivity contribution in [3.63, 3.8) is 0 Å². The van der Waals surface area contributed by atoms with Crippen LogP contribution in [0.3, 0.4) is 0 Å². The first kappa shape index (κ1) is 25.1. The van der Waals surface area contributed by atoms with E-state index in [9.17, 15) is 17.6 Å². The first-order chi connectivity index (χ1) is 17.0. The Morgan fingerprint density at radius 1 is 0.944 bits per heavy atom. The number of para-hydroxylation sites is 1. The highest BCUT2D eigenvalue weighted by Gasteiger charge is 2.26. The third-order valence-corrected chi connectivity index (χ3v) is 7.05. The number of hydrogen-bond acceptors (Lipinski definition) is 4. The van der Waals surface area contributed by atoms with E-state index in [1.165, 1.54) is 24.4 Å². The molecule has 4 rings (SSSR count). The van der Waals surface area contributed by atoms with E-state index in [0.717, 1.165) is 0 Å². The van der Waals surface area contributed by atoms with Crippen LogP contribution in [0.1, 0.15) is 36.7 Å². The molecule has 9 heteroatoms. The second-order valence-corrected chi connectivity index (χ2v) is 11.1. The molecule has 0 radical (unpaired) electrons. The van der Waals surface area contributed by atoms with Crippen LogP contribution in [-0.2, 0) is 15.6 Å². The molecule has 186 valence electrons. The average molecular weight is 507 g/mol. The zero-order valence-electron chi connectivity index (χ0n) is 20.4. The highest BCUT2D eigenvalue weighted by molar-refractivity contribution is 7.92. The lowest BCUT2D eigenvalue weighted by Gasteiger charge is -2.23. The van der Waals surface area contributed by atoms with Gasteiger partial charge in [0.25, 0.3) is 15.9 Å². The van der Waals surface area contributed by atoms with Crippen LogP contribution in [0, 0.1) is 12.7 Å². The lowest BCUT2D eigenvalue weighted by Crippen LogP contribution is -2.24. The molecule has 3 aromatic carbocycles. The first-order valence-electron chi connectivity index (χ1n) is 11.3. The molecule has 4 aromatic rings. The zero-order chi connectivity index (χ0) is 26.1. The highest BCUT2D eigenvalue weighted by atomic mass is 32.2. The van der Waals surface area contributed by atoms with Crippen molar-refractivity contribution < 1.29 is 17.6 Å². The third kappa shape index (κ3) is 5.31. The number of benzene rings is 3. The molecule has 1 aromatic heterocycles. The molecule has 0 aliphatic carbocycles. The third-order valence-electron chi connectivity index (χ3n) is 5.53. The van der Waals surface area contributed by atoms with Gasteiger partial charge in [-0.3, -0.25) is 14.2 Å². The Balaban J connectivity index is 1.68. The second-order valence-electron chi connectivity index (χ2n) is 9.40. The molecule has 0 saturated carbocycles. The number of carbonyl (C=O) groups excluding carboxylic acids is 1. The highest BCUT2D eigenvalue weighted by Crippen LogP contribution is 2.30. The van der Waals surface area contributed by atoms with Crippen LogP contribution in [0.4, 0.5) is 15.8 Å². The fourth-order valence-electron chi connectivity index (χ4n) is 3.79. The number of nitrogens with one attached hydrogen (secondary N) is 2. The Kier molecular flexibility index (Phi) is 6.69. The summed E-state index contributed by atoms with van der Waals surface area (Å²) >= 11 is 0. The van der Waals surface area contributed by atoms with Crippen molar-refractivity contribution in [1.29, 1.82) is 0 Å². The van der Waals surface area contributed by atoms with Gasteiger partial charge in [-0.25, -0.2) is 12.8 Å². The summed E-state index contributed by atoms with van der Waals surface area (Å²) in [6, 6.07) is 19.1. The first-order valence-corrected chi connectivity index (χ1v) is 12.8. The predicted octanol–water partition coefficient (Wildman–Crippen LogP) is 5.81. The molecule has 7 nitrogen and oxygen atoms in total. The summed E-state index contributed by atoms with van der Waals surface area (Å²) in [6.07, 6.45) is 1.46. The monoisotopic (exact) mass is 506 g/mol. The number of aromatic nitrogens is 2. The molecule has 1 heterocycles. The van der Waals surface area contributed by atoms with Crippen LogP contribution in [0.5, 0.6) is 0 Å². The second kappa shape index (κ2) is 9.58. The molecule has 0 bridgehead atoms. The summed E-state index contributed by atoms with van der Waals surface area (Å²) < 4.78 is 43.9. The summed E-state index contributed by atoms with van der Waals surface area (Å²) in [4.78, 5) is 13.4. The predicted molar refractivity (Wildman–Crippen MR) is 139 cm³/mol. The molecule has 0 aliphatic rings. The van der Waals surface area contributed by atoms with Gasteiger partial charge in [-0.1, -0.05) is 24.3 Å². The van der Waals surface area contributed by atoms with Gasteiger partial charge in [0.2, 0.25) is 0 Å². The maximum absolute atomic E-state index is 13.6. The molecular weight excluding hydrogens is 479 g/mol. The van der Waals surface area contributed by atoms with E-state index in [0.29, 0.717) is 28.2 Å². The molecule has 0 aliphatic heterocycles. The lowest BCUT2D eigenvalue weighted by molar-refractivity contribution is 0.102. The van der Waals surface area contributed by atoms with E-state index in [1.54, 1.807) is 66.2 Å². The van der Waals surface area contributed by atoms with Crippen molar-refractivity contribution in [2.45, 2.75) is 38.1 Å². The standard InChI is InChI=1S/C27H27FN4O3S/c1-18-10-15-22(16-24(18)36(34,35)31-21-8-6-5-7-9-21)30-26(33)23-17-29-32(27(2,3)4)25(23)19-11-13-20(28)14-12-19/h5-17,31H,1-4H3,(H,30,33). The smallest absolute Gasteiger partial charge is 0.262 e. The van der Waals surface area contributed by atoms with Crippen LogP contribution in [0.2, 0.25) is 0 Å². The average Bonchev–Trinajstić information content (AvgIpc) is 3.27. The largest absolute Gasteiger partial charge is 0.322 e. The van der Waals surface area contributed by atoms with Crippen LogP contribution < -0.4 is 10.0 Å². The van der Waals surface area contributed by atoms with Gasteiger partial charge in [0.05, 0.1) is 27.9 Å². The summed E-state index contributed by atoms with van der Waals surface area (Å²) in [5.74, 6) is -0.850. The van der Waals surface area contributed by atoms with Gasteiger partial charge < -0.3 is 5.32 Å². The quantitative estimate of drug-likeness (QED) is 0.345. The minimum atomic E-state index is -3.89. The number of anilines is 2. The van der Waals surface area contributed by atoms with Gasteiger partial charge in [0.1, 0.15) is 5.82 Å². The number of sulfonamides is 1. The molecule has 1 amide bonds. The number of rotatable bonds is 6. The summed E-state index contributed by atoms with van der Waals surface area (Å²) in [5.41, 5.74) is 2.28. The van der Waals surface area contributed by atoms with E-state index in [4.69, 9.17) is 0 Å². The van der Waals surface area contributed by atoms with Gasteiger partial charge in [0.15, 0.2) is 0 Å². The van der Waals surface area contributed by atoms with Crippen molar-refractivity contribution >= 4 is 27.3 Å². The molecule has 0 spiro atoms. The minimum absolute atomic E-state index is 0.0493. The SMILES string of the molecule is Cc1ccc(NC(=O)c2cnn(C(C)(C)C)c2-c2ccc(F)cc2)cc1S(=O)(=O)Nc1ccccc1. The van der Waals surface area contributed by atoms with Gasteiger partial charge in [-0.15, -0.1) is 0 Å². The van der Waals surface area contributed by atoms with E-state index in [1.807, 2.05) is 20.8 Å². The molecule has 0 unspecified atom stereocenters. The van der Waals surface area contributed by atoms with Crippen molar-refractivity contribution in [3.8, 4) is 11.3 Å². The number of aryl methyl sites for hydroxylation is 1. The Bertz CT molecular complexity index is 1510. The Hall–Kier alpha value is -3.98. The van der Waals surface area contributed by atoms with Crippen molar-refractivity contribution in [2.75, 3.05) is 10.0 Å². The molecule has 0 saturated heterocycles. The maximum atomic E-state index is 13.6. The number of carbonyl (C=O) groups is 1. The van der Waals surface area contributed by atoms with Crippen molar-refractivity contribution in [1.82, 2.24) is 9.78 Å². The number of halogens is 1. The van der Waals surface area contributed by atoms with Crippen molar-refractivity contribution in [2.24, 2.45) is 0 Å². The summed E-state index contributed by atoms with van der Waals surface area (Å²) in [7, 11) is -3.89. The van der Waals surface area contributed by atoms with Crippen LogP contribution in [-0.4, -0.2) is 24.1 Å². The normalized spacial score (nSPS) is 11.8. The summed E-state index contributed by atoms with van der Waals surface area (Å²) in [5, 5.41) is 7.21. The van der Waals surface area contributed by atoms with Crippen LogP contribution in [0.15, 0.2) is 83.9 Å². The zero-order valence-corrected chi connectivity index (χ0v) is 21.2. The molecule has 36 heavy (non-hydrogen) atoms. The Morgan fingerprint density at radius 2 is 1.61 bits per heavy atom. The van der Waals surface area contributed by atoms with Gasteiger partial charge in [-0.05, 0) is 81.8 Å². The minimum Gasteiger partial charge on any atom is -0.322 e. The van der Waals surface area contributed by atoms with Gasteiger partial charge >= 0.3 is 0 Å². The molecule has 0 atom stereocenters. The number of hydrogen-bond donors (Lipinski definition) is 2. The van der Waals surface area contributed by atoms with E-state index in [2.05, 4.69) is 15.1 Å². The van der Waals surface area contributed by atoms with E-state index in [-0.39, 0.29) is 16.3 Å². The molecular formula is C27H27FN4O3S. The Labute approximate surface area is 210 Å². The number of nitrogens with zero attached hydrogens (tertiary/aromatic N) is 2. The lowest BCUT2D eigenvalue weighted by atomic mass is 10.0. The number of amides is 1. The fraction of sp³-hybridized carbons (Fsp3) is 0.185. The molecule has 2 N–H and O–H groups in total. The Morgan fingerprint density at radius 3 is 2.25 bits per heavy atom. The van der Waals surface area contributed by atoms with E-state index < -0.39 is 21.5 Å². The van der Waals surface area contributed by atoms with Crippen LogP contribution in [0.25, 0.3) is 11.3 Å². The molecule has 0 fully saturated rings. The van der Waals surface area contributed by atoms with E-state index >= 15 is 0 Å². The van der Waals surface area contributed by atoms with Crippen molar-refractivity contribution in [3.05, 3.63) is 95.9 Å². The van der Waals surface area contributed by atoms with Gasteiger partial charge in [-0.2, -0.15) is 5.10 Å². The van der Waals surface area contributed by atoms with Crippen LogP contribution >= 0.6 is 0 Å². The fourth-order valence-corrected chi connectivity index (χ4v) is 5.12.